The van der Waals surface area contributed by atoms with E-state index >= 15 is 0 Å². The molecule has 1 heterocycles. The third-order valence-corrected chi connectivity index (χ3v) is 5.13. The Morgan fingerprint density at radius 2 is 1.74 bits per heavy atom. The Bertz CT molecular complexity index is 1050. The highest BCUT2D eigenvalue weighted by molar-refractivity contribution is 5.98. The predicted octanol–water partition coefficient (Wildman–Crippen LogP) is 4.58. The van der Waals surface area contributed by atoms with Gasteiger partial charge in [-0.15, -0.1) is 0 Å². The second kappa shape index (κ2) is 9.93. The minimum atomic E-state index is -1.01. The molecule has 3 rings (SSSR count). The molecule has 1 aromatic heterocycles. The fraction of sp³-hybridized carbons (Fsp3) is 0.292. The number of amides is 1. The lowest BCUT2D eigenvalue weighted by Crippen LogP contribution is -2.30. The van der Waals surface area contributed by atoms with Crippen LogP contribution in [0.2, 0.25) is 0 Å². The predicted molar refractivity (Wildman–Crippen MR) is 119 cm³/mol. The number of nitrogens with one attached hydrogen (secondary N) is 1. The largest absolute Gasteiger partial charge is 0.493 e. The fourth-order valence-corrected chi connectivity index (χ4v) is 3.13. The molecular formula is C24H27N3O4. The lowest BCUT2D eigenvalue weighted by atomic mass is 9.97. The Hall–Kier alpha value is -3.61. The summed E-state index contributed by atoms with van der Waals surface area (Å²) in [5.41, 5.74) is 2.54. The van der Waals surface area contributed by atoms with Crippen LogP contribution in [0.3, 0.4) is 0 Å². The van der Waals surface area contributed by atoms with E-state index in [1.54, 1.807) is 6.20 Å². The van der Waals surface area contributed by atoms with Crippen LogP contribution < -0.4 is 10.1 Å². The van der Waals surface area contributed by atoms with E-state index in [0.29, 0.717) is 5.92 Å². The Labute approximate surface area is 182 Å². The monoisotopic (exact) mass is 421 g/mol. The molecule has 0 unspecified atom stereocenters. The van der Waals surface area contributed by atoms with Crippen LogP contribution in [0.5, 0.6) is 5.75 Å². The van der Waals surface area contributed by atoms with Gasteiger partial charge >= 0.3 is 5.97 Å². The molecule has 2 aromatic carbocycles. The summed E-state index contributed by atoms with van der Waals surface area (Å²) in [6.45, 7) is 5.72. The molecule has 0 saturated heterocycles. The highest BCUT2D eigenvalue weighted by Crippen LogP contribution is 2.27. The molecule has 0 radical (unpaired) electrons. The van der Waals surface area contributed by atoms with Gasteiger partial charge in [-0.3, -0.25) is 4.79 Å². The summed E-state index contributed by atoms with van der Waals surface area (Å²) in [5, 5.41) is 7.15. The van der Waals surface area contributed by atoms with Crippen LogP contribution in [0.1, 0.15) is 49.2 Å². The first-order chi connectivity index (χ1) is 14.9. The zero-order valence-corrected chi connectivity index (χ0v) is 18.2. The second-order valence-electron chi connectivity index (χ2n) is 7.26. The second-order valence-corrected chi connectivity index (χ2v) is 7.26. The van der Waals surface area contributed by atoms with Crippen molar-refractivity contribution < 1.29 is 19.1 Å². The van der Waals surface area contributed by atoms with E-state index in [1.165, 1.54) is 18.7 Å². The van der Waals surface area contributed by atoms with Crippen molar-refractivity contribution in [1.29, 1.82) is 0 Å². The lowest BCUT2D eigenvalue weighted by molar-refractivity contribution is -0.123. The van der Waals surface area contributed by atoms with Crippen LogP contribution in [0.25, 0.3) is 5.69 Å². The van der Waals surface area contributed by atoms with Crippen molar-refractivity contribution in [3.8, 4) is 11.4 Å². The molecule has 162 valence electrons. The summed E-state index contributed by atoms with van der Waals surface area (Å²) >= 11 is 0. The summed E-state index contributed by atoms with van der Waals surface area (Å²) in [5.74, 6) is -0.584. The number of hydrogen-bond donors (Lipinski definition) is 1. The lowest BCUT2D eigenvalue weighted by Gasteiger charge is -2.18. The van der Waals surface area contributed by atoms with E-state index in [0.717, 1.165) is 23.4 Å². The van der Waals surface area contributed by atoms with Gasteiger partial charge in [-0.25, -0.2) is 9.48 Å². The van der Waals surface area contributed by atoms with Crippen LogP contribution >= 0.6 is 0 Å². The highest BCUT2D eigenvalue weighted by atomic mass is 16.6. The van der Waals surface area contributed by atoms with E-state index in [1.807, 2.05) is 54.6 Å². The smallest absolute Gasteiger partial charge is 0.363 e. The van der Waals surface area contributed by atoms with Crippen molar-refractivity contribution >= 4 is 17.6 Å². The van der Waals surface area contributed by atoms with E-state index in [-0.39, 0.29) is 11.4 Å². The molecular weight excluding hydrogens is 394 g/mol. The third-order valence-electron chi connectivity index (χ3n) is 5.13. The number of ether oxygens (including phenoxy) is 2. The summed E-state index contributed by atoms with van der Waals surface area (Å²) in [7, 11) is 1.45. The number of carbonyl (C=O) groups excluding carboxylic acids is 2. The van der Waals surface area contributed by atoms with Gasteiger partial charge < -0.3 is 14.8 Å². The summed E-state index contributed by atoms with van der Waals surface area (Å²) in [6.07, 6.45) is 1.53. The summed E-state index contributed by atoms with van der Waals surface area (Å²) in [4.78, 5) is 25.4. The van der Waals surface area contributed by atoms with Gasteiger partial charge in [0.15, 0.2) is 11.9 Å². The minimum absolute atomic E-state index is 0.00556. The molecule has 0 spiro atoms. The average Bonchev–Trinajstić information content (AvgIpc) is 3.24. The summed E-state index contributed by atoms with van der Waals surface area (Å²) in [6, 6.07) is 17.0. The van der Waals surface area contributed by atoms with Crippen LogP contribution in [0.4, 0.5) is 5.69 Å². The van der Waals surface area contributed by atoms with Gasteiger partial charge in [-0.05, 0) is 43.0 Å². The molecule has 7 nitrogen and oxygen atoms in total. The number of aromatic nitrogens is 2. The molecule has 31 heavy (non-hydrogen) atoms. The van der Waals surface area contributed by atoms with E-state index < -0.39 is 18.0 Å². The van der Waals surface area contributed by atoms with Gasteiger partial charge in [0.2, 0.25) is 5.69 Å². The Morgan fingerprint density at radius 1 is 1.06 bits per heavy atom. The van der Waals surface area contributed by atoms with Crippen LogP contribution in [-0.4, -0.2) is 34.9 Å². The maximum atomic E-state index is 12.7. The molecule has 0 aliphatic heterocycles. The van der Waals surface area contributed by atoms with Gasteiger partial charge in [-0.2, -0.15) is 5.10 Å². The number of esters is 1. The fourth-order valence-electron chi connectivity index (χ4n) is 3.13. The molecule has 3 aromatic rings. The number of carbonyl (C=O) groups is 2. The molecule has 0 aliphatic rings. The molecule has 0 aliphatic carbocycles. The standard InChI is InChI=1S/C24H27N3O4/c1-5-16(2)19-13-9-10-14-20(19)25-23(28)17(3)31-24(29)22-21(30-4)15-27(26-22)18-11-7-6-8-12-18/h6-17H,5H2,1-4H3,(H,25,28)/t16-,17-/m1/s1. The maximum absolute atomic E-state index is 12.7. The number of methoxy groups -OCH3 is 1. The Kier molecular flexibility index (Phi) is 7.07. The van der Waals surface area contributed by atoms with Crippen molar-refractivity contribution in [3.63, 3.8) is 0 Å². The van der Waals surface area contributed by atoms with Crippen LogP contribution in [0, 0.1) is 0 Å². The number of anilines is 1. The quantitative estimate of drug-likeness (QED) is 0.539. The molecule has 2 atom stereocenters. The Morgan fingerprint density at radius 3 is 2.42 bits per heavy atom. The first-order valence-corrected chi connectivity index (χ1v) is 10.2. The Balaban J connectivity index is 1.72. The van der Waals surface area contributed by atoms with Gasteiger partial charge in [0.05, 0.1) is 19.0 Å². The zero-order valence-electron chi connectivity index (χ0n) is 18.2. The number of hydrogen-bond acceptors (Lipinski definition) is 5. The number of rotatable bonds is 8. The molecule has 0 saturated carbocycles. The molecule has 7 heteroatoms. The molecule has 1 N–H and O–H groups in total. The normalized spacial score (nSPS) is 12.6. The maximum Gasteiger partial charge on any atom is 0.363 e. The minimum Gasteiger partial charge on any atom is -0.493 e. The average molecular weight is 421 g/mol. The van der Waals surface area contributed by atoms with Gasteiger partial charge in [0, 0.05) is 5.69 Å². The zero-order chi connectivity index (χ0) is 22.4. The molecule has 0 bridgehead atoms. The van der Waals surface area contributed by atoms with Crippen molar-refractivity contribution in [2.45, 2.75) is 39.2 Å². The van der Waals surface area contributed by atoms with E-state index in [9.17, 15) is 9.59 Å². The highest BCUT2D eigenvalue weighted by Gasteiger charge is 2.25. The molecule has 0 fully saturated rings. The number of nitrogens with zero attached hydrogens (tertiary/aromatic N) is 2. The van der Waals surface area contributed by atoms with Crippen molar-refractivity contribution in [1.82, 2.24) is 9.78 Å². The van der Waals surface area contributed by atoms with Gasteiger partial charge in [0.25, 0.3) is 5.91 Å². The number of benzene rings is 2. The van der Waals surface area contributed by atoms with E-state index in [2.05, 4.69) is 24.3 Å². The first kappa shape index (κ1) is 22.1. The summed E-state index contributed by atoms with van der Waals surface area (Å²) < 4.78 is 12.2. The van der Waals surface area contributed by atoms with Crippen molar-refractivity contribution in [2.75, 3.05) is 12.4 Å². The topological polar surface area (TPSA) is 82.5 Å². The van der Waals surface area contributed by atoms with Crippen LogP contribution in [0.15, 0.2) is 60.8 Å². The molecule has 1 amide bonds. The SMILES string of the molecule is CC[C@@H](C)c1ccccc1NC(=O)[C@@H](C)OC(=O)c1nn(-c2ccccc2)cc1OC. The number of para-hydroxylation sites is 2. The van der Waals surface area contributed by atoms with Crippen molar-refractivity contribution in [3.05, 3.63) is 72.1 Å². The van der Waals surface area contributed by atoms with Crippen LogP contribution in [-0.2, 0) is 9.53 Å². The van der Waals surface area contributed by atoms with Gasteiger partial charge in [0.1, 0.15) is 0 Å². The van der Waals surface area contributed by atoms with Gasteiger partial charge in [-0.1, -0.05) is 50.2 Å². The van der Waals surface area contributed by atoms with E-state index in [4.69, 9.17) is 9.47 Å². The third kappa shape index (κ3) is 5.12. The first-order valence-electron chi connectivity index (χ1n) is 10.2. The van der Waals surface area contributed by atoms with Crippen molar-refractivity contribution in [2.24, 2.45) is 0 Å².